The number of halogens is 5. The standard InChI is InChI=1S/C9H5F5N2S2/c10-3-1(2(8(15)17)9(16)18)4(11)6(13)7(14)5(3)12/h2H,(H2,15,17)(H2,16,18). The van der Waals surface area contributed by atoms with E-state index in [1.54, 1.807) is 0 Å². The molecule has 1 aromatic rings. The van der Waals surface area contributed by atoms with Crippen LogP contribution < -0.4 is 11.5 Å². The fraction of sp³-hybridized carbons (Fsp3) is 0.111. The molecule has 0 spiro atoms. The lowest BCUT2D eigenvalue weighted by molar-refractivity contribution is 0.371. The van der Waals surface area contributed by atoms with Crippen LogP contribution >= 0.6 is 24.4 Å². The van der Waals surface area contributed by atoms with Crippen molar-refractivity contribution in [1.82, 2.24) is 0 Å². The Morgan fingerprint density at radius 1 is 0.722 bits per heavy atom. The van der Waals surface area contributed by atoms with Crippen molar-refractivity contribution in [3.63, 3.8) is 0 Å². The molecule has 1 aromatic carbocycles. The molecule has 0 saturated carbocycles. The molecule has 0 unspecified atom stereocenters. The van der Waals surface area contributed by atoms with E-state index in [2.05, 4.69) is 24.4 Å². The van der Waals surface area contributed by atoms with Crippen molar-refractivity contribution in [3.8, 4) is 0 Å². The molecule has 0 atom stereocenters. The minimum atomic E-state index is -2.28. The van der Waals surface area contributed by atoms with Crippen LogP contribution in [-0.4, -0.2) is 9.98 Å². The molecule has 0 saturated heterocycles. The summed E-state index contributed by atoms with van der Waals surface area (Å²) in [6.45, 7) is 0. The van der Waals surface area contributed by atoms with Crippen LogP contribution in [-0.2, 0) is 0 Å². The van der Waals surface area contributed by atoms with E-state index in [1.807, 2.05) is 0 Å². The van der Waals surface area contributed by atoms with Crippen LogP contribution in [0, 0.1) is 29.1 Å². The molecule has 0 aromatic heterocycles. The van der Waals surface area contributed by atoms with Crippen molar-refractivity contribution in [3.05, 3.63) is 34.6 Å². The molecule has 0 aliphatic carbocycles. The second kappa shape index (κ2) is 5.11. The number of nitrogens with two attached hydrogens (primary N) is 2. The van der Waals surface area contributed by atoms with Gasteiger partial charge in [-0.15, -0.1) is 0 Å². The molecule has 4 N–H and O–H groups in total. The van der Waals surface area contributed by atoms with E-state index >= 15 is 0 Å². The zero-order chi connectivity index (χ0) is 14.2. The third kappa shape index (κ3) is 2.27. The zero-order valence-corrected chi connectivity index (χ0v) is 10.1. The highest BCUT2D eigenvalue weighted by molar-refractivity contribution is 7.82. The maximum absolute atomic E-state index is 13.4. The molecular weight excluding hydrogens is 295 g/mol. The number of rotatable bonds is 3. The van der Waals surface area contributed by atoms with Crippen LogP contribution in [0.4, 0.5) is 22.0 Å². The van der Waals surface area contributed by atoms with E-state index in [-0.39, 0.29) is 0 Å². The minimum absolute atomic E-state index is 0.592. The van der Waals surface area contributed by atoms with Crippen molar-refractivity contribution in [1.29, 1.82) is 0 Å². The average molecular weight is 300 g/mol. The largest absolute Gasteiger partial charge is 0.392 e. The predicted octanol–water partition coefficient (Wildman–Crippen LogP) is 2.04. The number of hydrogen-bond acceptors (Lipinski definition) is 2. The molecule has 0 radical (unpaired) electrons. The first kappa shape index (κ1) is 14.7. The van der Waals surface area contributed by atoms with Crippen molar-refractivity contribution in [2.75, 3.05) is 0 Å². The Kier molecular flexibility index (Phi) is 4.17. The van der Waals surface area contributed by atoms with Gasteiger partial charge in [0.2, 0.25) is 5.82 Å². The van der Waals surface area contributed by atoms with Crippen molar-refractivity contribution < 1.29 is 22.0 Å². The van der Waals surface area contributed by atoms with Crippen LogP contribution in [0.15, 0.2) is 0 Å². The van der Waals surface area contributed by atoms with E-state index in [1.165, 1.54) is 0 Å². The summed E-state index contributed by atoms with van der Waals surface area (Å²) >= 11 is 8.90. The molecule has 18 heavy (non-hydrogen) atoms. The normalized spacial score (nSPS) is 10.8. The summed E-state index contributed by atoms with van der Waals surface area (Å²) in [6, 6.07) is 0. The van der Waals surface area contributed by atoms with Gasteiger partial charge in [0.15, 0.2) is 23.3 Å². The molecular formula is C9H5F5N2S2. The molecule has 9 heteroatoms. The van der Waals surface area contributed by atoms with Gasteiger partial charge in [0.05, 0.1) is 15.9 Å². The Morgan fingerprint density at radius 2 is 1.00 bits per heavy atom. The van der Waals surface area contributed by atoms with Gasteiger partial charge in [0.25, 0.3) is 0 Å². The van der Waals surface area contributed by atoms with Crippen LogP contribution in [0.3, 0.4) is 0 Å². The number of benzene rings is 1. The van der Waals surface area contributed by atoms with Gasteiger partial charge >= 0.3 is 0 Å². The van der Waals surface area contributed by atoms with Crippen molar-refractivity contribution in [2.45, 2.75) is 5.92 Å². The summed E-state index contributed by atoms with van der Waals surface area (Å²) in [5.41, 5.74) is 9.03. The Morgan fingerprint density at radius 3 is 1.28 bits per heavy atom. The van der Waals surface area contributed by atoms with E-state index in [0.717, 1.165) is 0 Å². The van der Waals surface area contributed by atoms with E-state index in [4.69, 9.17) is 11.5 Å². The Hall–Kier alpha value is -1.35. The summed E-state index contributed by atoms with van der Waals surface area (Å²) in [5, 5.41) is 0. The van der Waals surface area contributed by atoms with Crippen LogP contribution in [0.1, 0.15) is 11.5 Å². The maximum Gasteiger partial charge on any atom is 0.200 e. The second-order valence-corrected chi connectivity index (χ2v) is 4.16. The van der Waals surface area contributed by atoms with Gasteiger partial charge in [0.1, 0.15) is 0 Å². The fourth-order valence-electron chi connectivity index (χ4n) is 1.30. The SMILES string of the molecule is NC(=S)C(C(N)=S)c1c(F)c(F)c(F)c(F)c1F. The van der Waals surface area contributed by atoms with Crippen LogP contribution in [0.25, 0.3) is 0 Å². The van der Waals surface area contributed by atoms with E-state index in [9.17, 15) is 22.0 Å². The van der Waals surface area contributed by atoms with Crippen molar-refractivity contribution >= 4 is 34.4 Å². The van der Waals surface area contributed by atoms with Gasteiger partial charge in [-0.3, -0.25) is 0 Å². The number of hydrogen-bond donors (Lipinski definition) is 2. The Labute approximate surface area is 109 Å². The maximum atomic E-state index is 13.4. The van der Waals surface area contributed by atoms with Gasteiger partial charge in [-0.05, 0) is 0 Å². The lowest BCUT2D eigenvalue weighted by Gasteiger charge is -2.16. The molecule has 0 amide bonds. The van der Waals surface area contributed by atoms with Gasteiger partial charge in [0, 0.05) is 5.56 Å². The first-order valence-corrected chi connectivity index (χ1v) is 5.11. The first-order chi connectivity index (χ1) is 8.20. The highest BCUT2D eigenvalue weighted by Gasteiger charge is 2.33. The van der Waals surface area contributed by atoms with Gasteiger partial charge in [-0.25, -0.2) is 22.0 Å². The molecule has 1 rings (SSSR count). The lowest BCUT2D eigenvalue weighted by atomic mass is 9.97. The van der Waals surface area contributed by atoms with Gasteiger partial charge in [-0.2, -0.15) is 0 Å². The average Bonchev–Trinajstić information content (AvgIpc) is 2.28. The molecule has 0 heterocycles. The Balaban J connectivity index is 3.69. The monoisotopic (exact) mass is 300 g/mol. The second-order valence-electron chi connectivity index (χ2n) is 3.22. The molecule has 98 valence electrons. The summed E-state index contributed by atoms with van der Waals surface area (Å²) in [4.78, 5) is -1.18. The van der Waals surface area contributed by atoms with Gasteiger partial charge < -0.3 is 11.5 Å². The van der Waals surface area contributed by atoms with Crippen LogP contribution in [0.2, 0.25) is 0 Å². The molecule has 0 fully saturated rings. The topological polar surface area (TPSA) is 52.0 Å². The summed E-state index contributed by atoms with van der Waals surface area (Å²) in [5.74, 6) is -12.3. The number of thiocarbonyl (C=S) groups is 2. The smallest absolute Gasteiger partial charge is 0.200 e. The van der Waals surface area contributed by atoms with Crippen molar-refractivity contribution in [2.24, 2.45) is 11.5 Å². The third-order valence-electron chi connectivity index (χ3n) is 2.10. The Bertz CT molecular complexity index is 503. The quantitative estimate of drug-likeness (QED) is 0.388. The summed E-state index contributed by atoms with van der Waals surface area (Å²) in [7, 11) is 0. The lowest BCUT2D eigenvalue weighted by Crippen LogP contribution is -2.32. The van der Waals surface area contributed by atoms with Crippen LogP contribution in [0.5, 0.6) is 0 Å². The van der Waals surface area contributed by atoms with E-state index < -0.39 is 50.5 Å². The molecule has 0 aliphatic rings. The molecule has 0 aliphatic heterocycles. The summed E-state index contributed by atoms with van der Waals surface area (Å²) in [6.07, 6.45) is 0. The zero-order valence-electron chi connectivity index (χ0n) is 8.44. The van der Waals surface area contributed by atoms with E-state index in [0.29, 0.717) is 0 Å². The first-order valence-electron chi connectivity index (χ1n) is 4.30. The summed E-state index contributed by atoms with van der Waals surface area (Å²) < 4.78 is 65.6. The predicted molar refractivity (Wildman–Crippen MR) is 62.5 cm³/mol. The minimum Gasteiger partial charge on any atom is -0.392 e. The fourth-order valence-corrected chi connectivity index (χ4v) is 1.86. The highest BCUT2D eigenvalue weighted by atomic mass is 32.1. The molecule has 0 bridgehead atoms. The van der Waals surface area contributed by atoms with Gasteiger partial charge in [-0.1, -0.05) is 24.4 Å². The molecule has 2 nitrogen and oxygen atoms in total. The highest BCUT2D eigenvalue weighted by Crippen LogP contribution is 2.29. The third-order valence-corrected chi connectivity index (χ3v) is 2.57.